The average molecular weight is 497 g/mol. The van der Waals surface area contributed by atoms with Crippen molar-refractivity contribution in [1.82, 2.24) is 19.4 Å². The van der Waals surface area contributed by atoms with Crippen LogP contribution in [0, 0.1) is 18.3 Å². The van der Waals surface area contributed by atoms with Crippen LogP contribution in [0.3, 0.4) is 0 Å². The lowest BCUT2D eigenvalue weighted by Gasteiger charge is -2.27. The van der Waals surface area contributed by atoms with Crippen LogP contribution in [0.15, 0.2) is 79.4 Å². The van der Waals surface area contributed by atoms with E-state index in [1.165, 1.54) is 11.1 Å². The predicted molar refractivity (Wildman–Crippen MR) is 145 cm³/mol. The first-order valence-electron chi connectivity index (χ1n) is 11.6. The zero-order valence-electron chi connectivity index (χ0n) is 20.4. The highest BCUT2D eigenvalue weighted by atomic mass is 32.1. The second-order valence-corrected chi connectivity index (χ2v) is 8.83. The maximum atomic E-state index is 9.04. The van der Waals surface area contributed by atoms with Crippen LogP contribution in [0.4, 0.5) is 5.69 Å². The van der Waals surface area contributed by atoms with Crippen molar-refractivity contribution in [2.75, 3.05) is 19.0 Å². The predicted octanol–water partition coefficient (Wildman–Crippen LogP) is 4.96. The number of benzene rings is 2. The molecular formula is C28H28N6OS. The highest BCUT2D eigenvalue weighted by Gasteiger charge is 2.14. The van der Waals surface area contributed by atoms with Crippen LogP contribution in [0.1, 0.15) is 27.9 Å². The molecule has 36 heavy (non-hydrogen) atoms. The molecule has 0 radical (unpaired) electrons. The zero-order valence-corrected chi connectivity index (χ0v) is 21.2. The Morgan fingerprint density at radius 2 is 1.92 bits per heavy atom. The Bertz CT molecular complexity index is 1340. The quantitative estimate of drug-likeness (QED) is 0.328. The molecule has 4 aromatic rings. The Kier molecular flexibility index (Phi) is 8.27. The number of nitriles is 1. The van der Waals surface area contributed by atoms with E-state index in [1.54, 1.807) is 19.4 Å². The maximum absolute atomic E-state index is 9.04. The summed E-state index contributed by atoms with van der Waals surface area (Å²) >= 11 is 5.82. The van der Waals surface area contributed by atoms with Gasteiger partial charge in [0.1, 0.15) is 0 Å². The van der Waals surface area contributed by atoms with Crippen LogP contribution < -0.4 is 10.1 Å². The van der Waals surface area contributed by atoms with Gasteiger partial charge in [-0.1, -0.05) is 36.4 Å². The van der Waals surface area contributed by atoms with Gasteiger partial charge in [-0.2, -0.15) is 5.26 Å². The molecule has 4 rings (SSSR count). The summed E-state index contributed by atoms with van der Waals surface area (Å²) in [6, 6.07) is 21.9. The lowest BCUT2D eigenvalue weighted by Crippen LogP contribution is -2.36. The third-order valence-corrected chi connectivity index (χ3v) is 6.34. The summed E-state index contributed by atoms with van der Waals surface area (Å²) in [5.74, 6) is 0.554. The molecule has 1 N–H and O–H groups in total. The topological polar surface area (TPSA) is 79.0 Å². The van der Waals surface area contributed by atoms with Crippen LogP contribution >= 0.6 is 12.2 Å². The lowest BCUT2D eigenvalue weighted by atomic mass is 10.1. The molecule has 2 heterocycles. The molecule has 0 unspecified atom stereocenters. The summed E-state index contributed by atoms with van der Waals surface area (Å²) in [4.78, 5) is 10.8. The van der Waals surface area contributed by atoms with Crippen LogP contribution in [0.2, 0.25) is 0 Å². The number of rotatable bonds is 9. The third-order valence-electron chi connectivity index (χ3n) is 5.98. The molecule has 0 aliphatic rings. The number of nitrogens with zero attached hydrogens (tertiary/aromatic N) is 5. The van der Waals surface area contributed by atoms with Gasteiger partial charge in [0, 0.05) is 44.0 Å². The SMILES string of the molecule is COc1ccc(NC(=S)N(CCc2cncn2Cc2ccc(C#N)cc2)Cc2ccccc2C)cn1. The van der Waals surface area contributed by atoms with Gasteiger partial charge >= 0.3 is 0 Å². The second-order valence-electron chi connectivity index (χ2n) is 8.44. The fourth-order valence-corrected chi connectivity index (χ4v) is 4.13. The second kappa shape index (κ2) is 12.0. The van der Waals surface area contributed by atoms with E-state index in [-0.39, 0.29) is 0 Å². The summed E-state index contributed by atoms with van der Waals surface area (Å²) in [6.07, 6.45) is 6.23. The van der Waals surface area contributed by atoms with Gasteiger partial charge in [-0.15, -0.1) is 0 Å². The van der Waals surface area contributed by atoms with Gasteiger partial charge in [-0.25, -0.2) is 9.97 Å². The number of anilines is 1. The minimum Gasteiger partial charge on any atom is -0.481 e. The lowest BCUT2D eigenvalue weighted by molar-refractivity contribution is 0.398. The van der Waals surface area contributed by atoms with E-state index in [9.17, 15) is 0 Å². The van der Waals surface area contributed by atoms with Crippen molar-refractivity contribution in [3.8, 4) is 11.9 Å². The number of nitrogens with one attached hydrogen (secondary N) is 1. The van der Waals surface area contributed by atoms with Gasteiger partial charge in [-0.3, -0.25) is 0 Å². The van der Waals surface area contributed by atoms with Gasteiger partial charge in [0.15, 0.2) is 5.11 Å². The minimum atomic E-state index is 0.554. The van der Waals surface area contributed by atoms with Crippen LogP contribution in [0.25, 0.3) is 0 Å². The standard InChI is InChI=1S/C28H28N6OS/c1-21-5-3-4-6-24(21)19-33(28(36)32-25-11-12-27(35-2)31-16-25)14-13-26-17-30-20-34(26)18-23-9-7-22(15-29)8-10-23/h3-12,16-17,20H,13-14,18-19H2,1-2H3,(H,32,36). The highest BCUT2D eigenvalue weighted by Crippen LogP contribution is 2.16. The maximum Gasteiger partial charge on any atom is 0.213 e. The summed E-state index contributed by atoms with van der Waals surface area (Å²) in [5.41, 5.74) is 6.14. The molecule has 2 aromatic carbocycles. The number of methoxy groups -OCH3 is 1. The van der Waals surface area contributed by atoms with Crippen molar-refractivity contribution >= 4 is 23.0 Å². The molecule has 7 nitrogen and oxygen atoms in total. The normalized spacial score (nSPS) is 10.5. The van der Waals surface area contributed by atoms with Crippen LogP contribution in [0.5, 0.6) is 5.88 Å². The van der Waals surface area contributed by atoms with Crippen molar-refractivity contribution in [1.29, 1.82) is 5.26 Å². The van der Waals surface area contributed by atoms with E-state index >= 15 is 0 Å². The number of hydrogen-bond donors (Lipinski definition) is 1. The number of imidazole rings is 1. The fourth-order valence-electron chi connectivity index (χ4n) is 3.85. The van der Waals surface area contributed by atoms with Gasteiger partial charge in [-0.05, 0) is 54.0 Å². The van der Waals surface area contributed by atoms with E-state index in [4.69, 9.17) is 22.2 Å². The number of aromatic nitrogens is 3. The minimum absolute atomic E-state index is 0.554. The Morgan fingerprint density at radius 3 is 2.61 bits per heavy atom. The van der Waals surface area contributed by atoms with Gasteiger partial charge < -0.3 is 19.5 Å². The van der Waals surface area contributed by atoms with Crippen molar-refractivity contribution < 1.29 is 4.74 Å². The van der Waals surface area contributed by atoms with Crippen molar-refractivity contribution in [2.24, 2.45) is 0 Å². The summed E-state index contributed by atoms with van der Waals surface area (Å²) in [5, 5.41) is 13.0. The molecule has 0 saturated heterocycles. The third kappa shape index (κ3) is 6.46. The number of ether oxygens (including phenoxy) is 1. The average Bonchev–Trinajstić information content (AvgIpc) is 3.35. The molecule has 0 atom stereocenters. The summed E-state index contributed by atoms with van der Waals surface area (Å²) < 4.78 is 7.29. The van der Waals surface area contributed by atoms with Crippen LogP contribution in [-0.2, 0) is 19.5 Å². The first kappa shape index (κ1) is 24.9. The van der Waals surface area contributed by atoms with E-state index in [0.717, 1.165) is 23.4 Å². The molecule has 0 amide bonds. The Morgan fingerprint density at radius 1 is 1.11 bits per heavy atom. The Labute approximate surface area is 217 Å². The Hall–Kier alpha value is -4.22. The van der Waals surface area contributed by atoms with Crippen LogP contribution in [-0.4, -0.2) is 38.2 Å². The molecule has 0 bridgehead atoms. The molecule has 8 heteroatoms. The van der Waals surface area contributed by atoms with Gasteiger partial charge in [0.05, 0.1) is 37.0 Å². The zero-order chi connectivity index (χ0) is 25.3. The van der Waals surface area contributed by atoms with E-state index in [2.05, 4.69) is 55.9 Å². The molecule has 182 valence electrons. The fraction of sp³-hybridized carbons (Fsp3) is 0.214. The molecule has 0 spiro atoms. The monoisotopic (exact) mass is 496 g/mol. The molecule has 0 saturated carbocycles. The first-order chi connectivity index (χ1) is 17.6. The molecular weight excluding hydrogens is 468 g/mol. The largest absolute Gasteiger partial charge is 0.481 e. The number of pyridine rings is 1. The van der Waals surface area contributed by atoms with E-state index in [1.807, 2.05) is 48.9 Å². The smallest absolute Gasteiger partial charge is 0.213 e. The molecule has 0 aliphatic carbocycles. The summed E-state index contributed by atoms with van der Waals surface area (Å²) in [6.45, 7) is 4.21. The Balaban J connectivity index is 1.48. The molecule has 2 aromatic heterocycles. The number of thiocarbonyl (C=S) groups is 1. The molecule has 0 fully saturated rings. The molecule has 0 aliphatic heterocycles. The highest BCUT2D eigenvalue weighted by molar-refractivity contribution is 7.80. The van der Waals surface area contributed by atoms with E-state index < -0.39 is 0 Å². The number of hydrogen-bond acceptors (Lipinski definition) is 5. The van der Waals surface area contributed by atoms with Gasteiger partial charge in [0.2, 0.25) is 5.88 Å². The number of aryl methyl sites for hydroxylation is 1. The van der Waals surface area contributed by atoms with Crippen molar-refractivity contribution in [3.63, 3.8) is 0 Å². The first-order valence-corrected chi connectivity index (χ1v) is 12.0. The van der Waals surface area contributed by atoms with E-state index in [0.29, 0.717) is 36.2 Å². The summed E-state index contributed by atoms with van der Waals surface area (Å²) in [7, 11) is 1.59. The van der Waals surface area contributed by atoms with Gasteiger partial charge in [0.25, 0.3) is 0 Å². The van der Waals surface area contributed by atoms with Crippen molar-refractivity contribution in [2.45, 2.75) is 26.4 Å². The van der Waals surface area contributed by atoms with Crippen molar-refractivity contribution in [3.05, 3.63) is 107 Å².